The van der Waals surface area contributed by atoms with Gasteiger partial charge >= 0.3 is 0 Å². The van der Waals surface area contributed by atoms with E-state index < -0.39 is 12.0 Å². The largest absolute Gasteiger partial charge is 0.389 e. The fourth-order valence-electron chi connectivity index (χ4n) is 4.74. The minimum absolute atomic E-state index is 0.0701. The van der Waals surface area contributed by atoms with E-state index in [9.17, 15) is 14.7 Å². The number of likely N-dealkylation sites (tertiary alicyclic amines) is 1. The molecule has 1 aliphatic rings. The minimum atomic E-state index is -0.752. The van der Waals surface area contributed by atoms with Crippen LogP contribution in [-0.2, 0) is 17.8 Å². The summed E-state index contributed by atoms with van der Waals surface area (Å²) in [6.07, 6.45) is 4.29. The second-order valence-electron chi connectivity index (χ2n) is 8.47. The maximum Gasteiger partial charge on any atom is 0.249 e. The molecule has 1 aromatic carbocycles. The van der Waals surface area contributed by atoms with Crippen LogP contribution in [0.2, 0.25) is 0 Å². The quantitative estimate of drug-likeness (QED) is 0.469. The Morgan fingerprint density at radius 1 is 1.18 bits per heavy atom. The van der Waals surface area contributed by atoms with Gasteiger partial charge in [0.05, 0.1) is 28.7 Å². The number of rotatable bonds is 6. The molecule has 1 saturated heterocycles. The van der Waals surface area contributed by atoms with Gasteiger partial charge in [0, 0.05) is 37.3 Å². The molecule has 9 heteroatoms. The van der Waals surface area contributed by atoms with E-state index in [1.807, 2.05) is 33.4 Å². The zero-order valence-corrected chi connectivity index (χ0v) is 18.4. The zero-order valence-electron chi connectivity index (χ0n) is 18.4. The molecule has 5 rings (SSSR count). The molecule has 0 radical (unpaired) electrons. The lowest BCUT2D eigenvalue weighted by Gasteiger charge is -2.19. The van der Waals surface area contributed by atoms with E-state index in [0.717, 1.165) is 29.7 Å². The molecule has 0 saturated carbocycles. The van der Waals surface area contributed by atoms with Gasteiger partial charge in [-0.1, -0.05) is 19.1 Å². The number of nitrogens with zero attached hydrogens (tertiary/aromatic N) is 5. The number of aryl methyl sites for hydroxylation is 1. The predicted octanol–water partition coefficient (Wildman–Crippen LogP) is 1.88. The van der Waals surface area contributed by atoms with Crippen LogP contribution < -0.4 is 5.73 Å². The van der Waals surface area contributed by atoms with Crippen LogP contribution in [0, 0.1) is 0 Å². The Balaban J connectivity index is 1.40. The zero-order chi connectivity index (χ0) is 23.1. The Morgan fingerprint density at radius 3 is 2.79 bits per heavy atom. The number of imidazole rings is 1. The van der Waals surface area contributed by atoms with E-state index in [1.54, 1.807) is 23.2 Å². The molecule has 1 fully saturated rings. The molecule has 170 valence electrons. The van der Waals surface area contributed by atoms with Gasteiger partial charge in [0.1, 0.15) is 18.0 Å². The normalized spacial score (nSPS) is 18.4. The molecule has 33 heavy (non-hydrogen) atoms. The van der Waals surface area contributed by atoms with Crippen molar-refractivity contribution in [2.45, 2.75) is 38.5 Å². The van der Waals surface area contributed by atoms with Crippen molar-refractivity contribution in [3.63, 3.8) is 0 Å². The highest BCUT2D eigenvalue weighted by Gasteiger charge is 2.36. The standard InChI is InChI=1S/C24H26N6O3/c1-2-5-21-27-17-6-3-4-7-18(17)30(21)14-22(32)28-12-19(20(31)13-28)29-11-9-16-15(23(25)33)8-10-26-24(16)29/h3-4,6-11,19-20,31H,2,5,12-14H2,1H3,(H2,25,33)/t19-,20-/m1/s1. The number of carbonyl (C=O) groups is 2. The van der Waals surface area contributed by atoms with Crippen LogP contribution in [0.5, 0.6) is 0 Å². The summed E-state index contributed by atoms with van der Waals surface area (Å²) < 4.78 is 3.81. The Labute approximate surface area is 190 Å². The number of fused-ring (bicyclic) bond motifs is 2. The molecule has 3 aromatic heterocycles. The van der Waals surface area contributed by atoms with Crippen LogP contribution >= 0.6 is 0 Å². The molecule has 1 aliphatic heterocycles. The fraction of sp³-hybridized carbons (Fsp3) is 0.333. The predicted molar refractivity (Wildman–Crippen MR) is 124 cm³/mol. The lowest BCUT2D eigenvalue weighted by molar-refractivity contribution is -0.131. The van der Waals surface area contributed by atoms with Crippen molar-refractivity contribution in [1.82, 2.24) is 24.0 Å². The van der Waals surface area contributed by atoms with Gasteiger partial charge in [-0.25, -0.2) is 9.97 Å². The van der Waals surface area contributed by atoms with E-state index in [2.05, 4.69) is 11.9 Å². The number of β-amino-alcohol motifs (C(OH)–C–C–N with tert-alkyl or cyclic N) is 1. The van der Waals surface area contributed by atoms with Gasteiger partial charge in [-0.3, -0.25) is 9.59 Å². The SMILES string of the molecule is CCCc1nc2ccccc2n1CC(=O)N1C[C@@H](O)[C@H](n2ccc3c(C(N)=O)ccnc32)C1. The number of carbonyl (C=O) groups excluding carboxylic acids is 2. The minimum Gasteiger partial charge on any atom is -0.389 e. The van der Waals surface area contributed by atoms with Crippen molar-refractivity contribution in [1.29, 1.82) is 0 Å². The van der Waals surface area contributed by atoms with Gasteiger partial charge in [-0.15, -0.1) is 0 Å². The summed E-state index contributed by atoms with van der Waals surface area (Å²) in [4.78, 5) is 35.8. The first-order chi connectivity index (χ1) is 16.0. The Hall–Kier alpha value is -3.72. The van der Waals surface area contributed by atoms with Crippen molar-refractivity contribution < 1.29 is 14.7 Å². The third kappa shape index (κ3) is 3.64. The number of para-hydroxylation sites is 2. The third-order valence-electron chi connectivity index (χ3n) is 6.35. The molecule has 2 amide bonds. The molecule has 2 atom stereocenters. The second kappa shape index (κ2) is 8.32. The monoisotopic (exact) mass is 446 g/mol. The number of nitrogens with two attached hydrogens (primary N) is 1. The highest BCUT2D eigenvalue weighted by atomic mass is 16.3. The Morgan fingerprint density at radius 2 is 2.00 bits per heavy atom. The molecule has 0 spiro atoms. The van der Waals surface area contributed by atoms with Crippen molar-refractivity contribution >= 4 is 33.9 Å². The number of pyridine rings is 1. The van der Waals surface area contributed by atoms with E-state index in [0.29, 0.717) is 23.1 Å². The highest BCUT2D eigenvalue weighted by molar-refractivity contribution is 6.04. The van der Waals surface area contributed by atoms with Crippen LogP contribution in [0.15, 0.2) is 48.8 Å². The van der Waals surface area contributed by atoms with Gasteiger partial charge in [0.15, 0.2) is 0 Å². The van der Waals surface area contributed by atoms with Gasteiger partial charge in [-0.05, 0) is 30.7 Å². The Bertz CT molecular complexity index is 1360. The number of amides is 2. The van der Waals surface area contributed by atoms with E-state index in [-0.39, 0.29) is 25.0 Å². The summed E-state index contributed by atoms with van der Waals surface area (Å²) in [5.41, 5.74) is 8.25. The topological polar surface area (TPSA) is 119 Å². The van der Waals surface area contributed by atoms with Crippen molar-refractivity contribution in [3.8, 4) is 0 Å². The van der Waals surface area contributed by atoms with Crippen LogP contribution in [0.1, 0.15) is 35.6 Å². The van der Waals surface area contributed by atoms with E-state index in [4.69, 9.17) is 10.7 Å². The molecule has 0 bridgehead atoms. The molecular formula is C24H26N6O3. The molecule has 9 nitrogen and oxygen atoms in total. The molecule has 4 heterocycles. The fourth-order valence-corrected chi connectivity index (χ4v) is 4.74. The first-order valence-electron chi connectivity index (χ1n) is 11.1. The summed E-state index contributed by atoms with van der Waals surface area (Å²) in [5, 5.41) is 11.4. The van der Waals surface area contributed by atoms with Gasteiger partial charge in [0.25, 0.3) is 0 Å². The Kier molecular flexibility index (Phi) is 5.33. The highest BCUT2D eigenvalue weighted by Crippen LogP contribution is 2.28. The average molecular weight is 447 g/mol. The third-order valence-corrected chi connectivity index (χ3v) is 6.35. The van der Waals surface area contributed by atoms with Crippen molar-refractivity contribution in [2.75, 3.05) is 13.1 Å². The summed E-state index contributed by atoms with van der Waals surface area (Å²) in [5.74, 6) is 0.293. The molecule has 0 aliphatic carbocycles. The lowest BCUT2D eigenvalue weighted by atomic mass is 10.2. The average Bonchev–Trinajstić information content (AvgIpc) is 3.49. The van der Waals surface area contributed by atoms with Gasteiger partial charge in [0.2, 0.25) is 11.8 Å². The second-order valence-corrected chi connectivity index (χ2v) is 8.47. The number of benzene rings is 1. The van der Waals surface area contributed by atoms with Crippen LogP contribution in [0.25, 0.3) is 22.1 Å². The summed E-state index contributed by atoms with van der Waals surface area (Å²) in [6, 6.07) is 10.8. The van der Waals surface area contributed by atoms with E-state index >= 15 is 0 Å². The first kappa shape index (κ1) is 21.1. The number of primary amides is 1. The molecule has 3 N–H and O–H groups in total. The smallest absolute Gasteiger partial charge is 0.249 e. The maximum atomic E-state index is 13.3. The number of hydrogen-bond donors (Lipinski definition) is 2. The van der Waals surface area contributed by atoms with Gasteiger partial charge in [-0.2, -0.15) is 0 Å². The number of hydrogen-bond acceptors (Lipinski definition) is 5. The summed E-state index contributed by atoms with van der Waals surface area (Å²) in [6.45, 7) is 2.84. The van der Waals surface area contributed by atoms with Crippen molar-refractivity contribution in [2.24, 2.45) is 5.73 Å². The lowest BCUT2D eigenvalue weighted by Crippen LogP contribution is -2.33. The summed E-state index contributed by atoms with van der Waals surface area (Å²) in [7, 11) is 0. The van der Waals surface area contributed by atoms with Crippen LogP contribution in [-0.4, -0.2) is 60.1 Å². The number of aliphatic hydroxyl groups excluding tert-OH is 1. The van der Waals surface area contributed by atoms with Crippen molar-refractivity contribution in [3.05, 3.63) is 60.2 Å². The van der Waals surface area contributed by atoms with Crippen LogP contribution in [0.4, 0.5) is 0 Å². The number of aliphatic hydroxyl groups is 1. The first-order valence-corrected chi connectivity index (χ1v) is 11.1. The molecule has 4 aromatic rings. The molecule has 0 unspecified atom stereocenters. The summed E-state index contributed by atoms with van der Waals surface area (Å²) >= 11 is 0. The number of aromatic nitrogens is 4. The van der Waals surface area contributed by atoms with Crippen LogP contribution in [0.3, 0.4) is 0 Å². The van der Waals surface area contributed by atoms with E-state index in [1.165, 1.54) is 6.20 Å². The molecular weight excluding hydrogens is 420 g/mol. The van der Waals surface area contributed by atoms with Gasteiger partial charge < -0.3 is 24.9 Å². The maximum absolute atomic E-state index is 13.3.